The molecule has 0 aromatic heterocycles. The van der Waals surface area contributed by atoms with Gasteiger partial charge in [-0.15, -0.1) is 0 Å². The maximum atomic E-state index is 12.6. The van der Waals surface area contributed by atoms with Crippen molar-refractivity contribution < 1.29 is 13.2 Å². The van der Waals surface area contributed by atoms with Gasteiger partial charge in [-0.3, -0.25) is 4.79 Å². The second kappa shape index (κ2) is 5.07. The molecule has 0 spiro atoms. The quantitative estimate of drug-likeness (QED) is 0.824. The van der Waals surface area contributed by atoms with E-state index in [1.54, 1.807) is 12.1 Å². The van der Waals surface area contributed by atoms with Gasteiger partial charge in [-0.25, -0.2) is 5.43 Å². The zero-order valence-corrected chi connectivity index (χ0v) is 14.9. The van der Waals surface area contributed by atoms with Crippen molar-refractivity contribution in [3.63, 3.8) is 0 Å². The molecule has 1 N–H and O–H groups in total. The molecule has 1 aromatic carbocycles. The summed E-state index contributed by atoms with van der Waals surface area (Å²) >= 11 is 3.51. The molecule has 1 amide bonds. The monoisotopic (exact) mass is 374 g/mol. The van der Waals surface area contributed by atoms with Crippen LogP contribution in [0.5, 0.6) is 0 Å². The fourth-order valence-corrected chi connectivity index (χ4v) is 3.63. The SMILES string of the molecule is Cc1ccc(S(=O)(=O)N2NC(C)(C(C)(C)Br)CC2=O)cc1. The summed E-state index contributed by atoms with van der Waals surface area (Å²) in [6.07, 6.45) is 0.107. The Morgan fingerprint density at radius 2 is 1.81 bits per heavy atom. The summed E-state index contributed by atoms with van der Waals surface area (Å²) < 4.78 is 25.5. The number of nitrogens with one attached hydrogen (secondary N) is 1. The smallest absolute Gasteiger partial charge is 0.272 e. The van der Waals surface area contributed by atoms with Crippen molar-refractivity contribution in [1.29, 1.82) is 0 Å². The van der Waals surface area contributed by atoms with Gasteiger partial charge in [0.05, 0.1) is 16.9 Å². The molecular weight excluding hydrogens is 356 g/mol. The van der Waals surface area contributed by atoms with Crippen LogP contribution in [0, 0.1) is 6.92 Å². The first-order valence-corrected chi connectivity index (χ1v) is 8.82. The van der Waals surface area contributed by atoms with E-state index in [-0.39, 0.29) is 11.3 Å². The summed E-state index contributed by atoms with van der Waals surface area (Å²) in [7, 11) is -3.88. The Balaban J connectivity index is 2.38. The van der Waals surface area contributed by atoms with E-state index in [0.29, 0.717) is 0 Å². The summed E-state index contributed by atoms with van der Waals surface area (Å²) in [5.74, 6) is -0.453. The van der Waals surface area contributed by atoms with E-state index in [2.05, 4.69) is 21.4 Å². The number of aryl methyl sites for hydroxylation is 1. The fourth-order valence-electron chi connectivity index (χ4n) is 2.05. The molecule has 1 atom stereocenters. The first kappa shape index (κ1) is 16.5. The lowest BCUT2D eigenvalue weighted by Crippen LogP contribution is -2.55. The van der Waals surface area contributed by atoms with Crippen LogP contribution in [0.2, 0.25) is 0 Å². The number of benzene rings is 1. The van der Waals surface area contributed by atoms with Crippen LogP contribution < -0.4 is 5.43 Å². The summed E-state index contributed by atoms with van der Waals surface area (Å²) in [6.45, 7) is 7.49. The van der Waals surface area contributed by atoms with Crippen LogP contribution in [0.25, 0.3) is 0 Å². The third-order valence-corrected chi connectivity index (χ3v) is 6.47. The van der Waals surface area contributed by atoms with Crippen LogP contribution in [-0.4, -0.2) is 28.6 Å². The lowest BCUT2D eigenvalue weighted by atomic mass is 9.87. The maximum Gasteiger partial charge on any atom is 0.280 e. The van der Waals surface area contributed by atoms with E-state index in [4.69, 9.17) is 0 Å². The number of alkyl halides is 1. The molecule has 1 aliphatic rings. The van der Waals surface area contributed by atoms with E-state index in [1.807, 2.05) is 27.7 Å². The van der Waals surface area contributed by atoms with E-state index in [9.17, 15) is 13.2 Å². The van der Waals surface area contributed by atoms with E-state index in [0.717, 1.165) is 9.98 Å². The van der Waals surface area contributed by atoms with Crippen LogP contribution in [0.3, 0.4) is 0 Å². The summed E-state index contributed by atoms with van der Waals surface area (Å²) in [6, 6.07) is 6.44. The molecule has 1 aliphatic heterocycles. The first-order valence-electron chi connectivity index (χ1n) is 6.59. The molecule has 7 heteroatoms. The maximum absolute atomic E-state index is 12.6. The second-order valence-corrected chi connectivity index (χ2v) is 9.84. The van der Waals surface area contributed by atoms with Gasteiger partial charge in [0, 0.05) is 4.32 Å². The molecule has 1 fully saturated rings. The normalized spacial score (nSPS) is 23.7. The number of nitrogens with zero attached hydrogens (tertiary/aromatic N) is 1. The highest BCUT2D eigenvalue weighted by Gasteiger charge is 2.51. The van der Waals surface area contributed by atoms with E-state index < -0.39 is 25.8 Å². The largest absolute Gasteiger partial charge is 0.280 e. The molecule has 1 saturated heterocycles. The molecule has 0 radical (unpaired) electrons. The predicted octanol–water partition coefficient (Wildman–Crippen LogP) is 2.35. The highest BCUT2D eigenvalue weighted by Crippen LogP contribution is 2.38. The molecule has 1 unspecified atom stereocenters. The van der Waals surface area contributed by atoms with Gasteiger partial charge in [-0.2, -0.15) is 12.8 Å². The van der Waals surface area contributed by atoms with Gasteiger partial charge in [-0.05, 0) is 39.8 Å². The van der Waals surface area contributed by atoms with Gasteiger partial charge < -0.3 is 0 Å². The zero-order valence-electron chi connectivity index (χ0n) is 12.5. The highest BCUT2D eigenvalue weighted by atomic mass is 79.9. The van der Waals surface area contributed by atoms with Crippen molar-refractivity contribution in [2.75, 3.05) is 0 Å². The van der Waals surface area contributed by atoms with Gasteiger partial charge in [0.2, 0.25) is 0 Å². The molecule has 2 rings (SSSR count). The van der Waals surface area contributed by atoms with Gasteiger partial charge in [-0.1, -0.05) is 33.6 Å². The Labute approximate surface area is 133 Å². The summed E-state index contributed by atoms with van der Waals surface area (Å²) in [5, 5.41) is 0. The van der Waals surface area contributed by atoms with Crippen LogP contribution in [-0.2, 0) is 14.8 Å². The van der Waals surface area contributed by atoms with Gasteiger partial charge >= 0.3 is 0 Å². The number of halogens is 1. The number of hydrogen-bond acceptors (Lipinski definition) is 4. The lowest BCUT2D eigenvalue weighted by molar-refractivity contribution is -0.124. The van der Waals surface area contributed by atoms with Crippen LogP contribution in [0.1, 0.15) is 32.8 Å². The molecular formula is C14H19BrN2O3S. The molecule has 0 aliphatic carbocycles. The Hall–Kier alpha value is -0.920. The number of hydrazine groups is 1. The molecule has 116 valence electrons. The second-order valence-electron chi connectivity index (χ2n) is 6.07. The van der Waals surface area contributed by atoms with E-state index in [1.165, 1.54) is 12.1 Å². The first-order chi connectivity index (χ1) is 9.47. The third-order valence-electron chi connectivity index (χ3n) is 3.95. The standard InChI is InChI=1S/C14H19BrN2O3S/c1-10-5-7-11(8-6-10)21(19,20)17-12(18)9-14(4,16-17)13(2,3)15/h5-8,16H,9H2,1-4H3. The number of hydrogen-bond donors (Lipinski definition) is 1. The van der Waals surface area contributed by atoms with Crippen molar-refractivity contribution >= 4 is 31.9 Å². The van der Waals surface area contributed by atoms with Gasteiger partial charge in [0.25, 0.3) is 15.9 Å². The molecule has 21 heavy (non-hydrogen) atoms. The zero-order chi connectivity index (χ0) is 16.1. The Kier molecular flexibility index (Phi) is 3.97. The fraction of sp³-hybridized carbons (Fsp3) is 0.500. The van der Waals surface area contributed by atoms with Crippen LogP contribution in [0.4, 0.5) is 0 Å². The number of amides is 1. The average Bonchev–Trinajstić information content (AvgIpc) is 2.67. The van der Waals surface area contributed by atoms with Gasteiger partial charge in [0.15, 0.2) is 0 Å². The van der Waals surface area contributed by atoms with Gasteiger partial charge in [0.1, 0.15) is 0 Å². The van der Waals surface area contributed by atoms with Crippen molar-refractivity contribution in [1.82, 2.24) is 9.84 Å². The predicted molar refractivity (Wildman–Crippen MR) is 84.4 cm³/mol. The number of carbonyl (C=O) groups is 1. The highest BCUT2D eigenvalue weighted by molar-refractivity contribution is 9.10. The summed E-state index contributed by atoms with van der Waals surface area (Å²) in [4.78, 5) is 12.3. The third kappa shape index (κ3) is 2.86. The van der Waals surface area contributed by atoms with E-state index >= 15 is 0 Å². The topological polar surface area (TPSA) is 66.5 Å². The van der Waals surface area contributed by atoms with Crippen molar-refractivity contribution in [3.05, 3.63) is 29.8 Å². The molecule has 5 nitrogen and oxygen atoms in total. The number of carbonyl (C=O) groups excluding carboxylic acids is 1. The number of rotatable bonds is 3. The average molecular weight is 375 g/mol. The minimum atomic E-state index is -3.88. The van der Waals surface area contributed by atoms with Crippen molar-refractivity contribution in [2.45, 2.75) is 48.9 Å². The minimum absolute atomic E-state index is 0.102. The molecule has 0 saturated carbocycles. The Bertz CT molecular complexity index is 664. The summed E-state index contributed by atoms with van der Waals surface area (Å²) in [5.41, 5.74) is 3.14. The van der Waals surface area contributed by atoms with Crippen LogP contribution >= 0.6 is 15.9 Å². The van der Waals surface area contributed by atoms with Crippen molar-refractivity contribution in [2.24, 2.45) is 0 Å². The molecule has 1 aromatic rings. The molecule has 0 bridgehead atoms. The minimum Gasteiger partial charge on any atom is -0.272 e. The lowest BCUT2D eigenvalue weighted by Gasteiger charge is -2.36. The van der Waals surface area contributed by atoms with Crippen LogP contribution in [0.15, 0.2) is 29.2 Å². The Morgan fingerprint density at radius 3 is 2.24 bits per heavy atom. The molecule has 1 heterocycles. The van der Waals surface area contributed by atoms with Crippen molar-refractivity contribution in [3.8, 4) is 0 Å². The Morgan fingerprint density at radius 1 is 1.29 bits per heavy atom. The number of sulfonamides is 1.